The van der Waals surface area contributed by atoms with E-state index in [0.29, 0.717) is 28.7 Å². The molecule has 7 rings (SSSR count). The highest BCUT2D eigenvalue weighted by Gasteiger charge is 2.48. The van der Waals surface area contributed by atoms with Crippen LogP contribution in [0.15, 0.2) is 103 Å². The molecule has 1 aliphatic rings. The predicted octanol–water partition coefficient (Wildman–Crippen LogP) is 9.04. The van der Waals surface area contributed by atoms with Crippen LogP contribution in [0.5, 0.6) is 23.0 Å². The van der Waals surface area contributed by atoms with Crippen LogP contribution in [0.2, 0.25) is 5.02 Å². The summed E-state index contributed by atoms with van der Waals surface area (Å²) in [7, 11) is 0. The largest absolute Gasteiger partial charge is 0.456 e. The second-order valence-corrected chi connectivity index (χ2v) is 11.7. The van der Waals surface area contributed by atoms with Crippen LogP contribution in [0.1, 0.15) is 36.1 Å². The lowest BCUT2D eigenvalue weighted by Gasteiger charge is -2.39. The fraction of sp³-hybridized carbons (Fsp3) is 0.103. The smallest absolute Gasteiger partial charge is 0.308 e. The number of fused-ring (bicyclic) bond motifs is 4. The normalized spacial score (nSPS) is 14.9. The molecule has 0 saturated heterocycles. The summed E-state index contributed by atoms with van der Waals surface area (Å²) < 4.78 is 23.8. The third-order valence-electron chi connectivity index (χ3n) is 8.48. The van der Waals surface area contributed by atoms with Crippen LogP contribution in [0, 0.1) is 6.92 Å². The van der Waals surface area contributed by atoms with Crippen LogP contribution in [-0.4, -0.2) is 18.4 Å². The third kappa shape index (κ3) is 4.87. The maximum Gasteiger partial charge on any atom is 0.308 e. The average molecular weight is 643 g/mol. The number of rotatable bonds is 6. The van der Waals surface area contributed by atoms with Crippen LogP contribution < -0.4 is 14.2 Å². The lowest BCUT2D eigenvalue weighted by atomic mass is 9.76. The van der Waals surface area contributed by atoms with Crippen LogP contribution in [0.25, 0.3) is 32.7 Å². The number of esters is 2. The SMILES string of the molecule is CC(=O)Oc1cc2c(cc1Cl)C(OC=O)(c1ccccc1)c1cc(-c3c4ccccc4c(C)c4ccccc34)c(OC(C)=O)cc1O2. The van der Waals surface area contributed by atoms with Gasteiger partial charge >= 0.3 is 11.9 Å². The van der Waals surface area contributed by atoms with E-state index in [0.717, 1.165) is 32.7 Å². The Morgan fingerprint density at radius 3 is 1.79 bits per heavy atom. The highest BCUT2D eigenvalue weighted by molar-refractivity contribution is 6.32. The van der Waals surface area contributed by atoms with Crippen molar-refractivity contribution in [2.45, 2.75) is 26.4 Å². The first-order valence-electron chi connectivity index (χ1n) is 14.9. The van der Waals surface area contributed by atoms with Crippen molar-refractivity contribution < 1.29 is 33.3 Å². The quantitative estimate of drug-likeness (QED) is 0.0775. The molecule has 1 aliphatic heterocycles. The van der Waals surface area contributed by atoms with Crippen molar-refractivity contribution in [2.24, 2.45) is 0 Å². The summed E-state index contributed by atoms with van der Waals surface area (Å²) in [5.41, 5.74) is 2.47. The van der Waals surface area contributed by atoms with Crippen LogP contribution in [0.4, 0.5) is 0 Å². The monoisotopic (exact) mass is 642 g/mol. The molecule has 0 amide bonds. The van der Waals surface area contributed by atoms with E-state index in [1.165, 1.54) is 19.9 Å². The Labute approximate surface area is 275 Å². The van der Waals surface area contributed by atoms with Crippen molar-refractivity contribution in [3.8, 4) is 34.1 Å². The van der Waals surface area contributed by atoms with Crippen molar-refractivity contribution in [1.29, 1.82) is 0 Å². The van der Waals surface area contributed by atoms with Crippen molar-refractivity contribution >= 4 is 51.6 Å². The Balaban J connectivity index is 1.63. The summed E-state index contributed by atoms with van der Waals surface area (Å²) in [6.07, 6.45) is 0. The van der Waals surface area contributed by atoms with E-state index in [1.54, 1.807) is 12.1 Å². The highest BCUT2D eigenvalue weighted by Crippen LogP contribution is 2.57. The first kappa shape index (κ1) is 30.0. The number of carbonyl (C=O) groups excluding carboxylic acids is 3. The van der Waals surface area contributed by atoms with Crippen molar-refractivity contribution in [1.82, 2.24) is 0 Å². The van der Waals surface area contributed by atoms with Gasteiger partial charge < -0.3 is 18.9 Å². The molecule has 1 heterocycles. The number of carbonyl (C=O) groups is 3. The summed E-state index contributed by atoms with van der Waals surface area (Å²) >= 11 is 6.67. The zero-order valence-electron chi connectivity index (χ0n) is 25.6. The zero-order valence-corrected chi connectivity index (χ0v) is 26.4. The zero-order chi connectivity index (χ0) is 32.9. The van der Waals surface area contributed by atoms with Gasteiger partial charge in [0.05, 0.1) is 5.02 Å². The van der Waals surface area contributed by atoms with Gasteiger partial charge in [0.1, 0.15) is 17.2 Å². The first-order valence-corrected chi connectivity index (χ1v) is 15.3. The molecule has 6 aromatic rings. The topological polar surface area (TPSA) is 88.1 Å². The van der Waals surface area contributed by atoms with Crippen LogP contribution in [0.3, 0.4) is 0 Å². The Bertz CT molecular complexity index is 2200. The molecule has 232 valence electrons. The Hall–Kier alpha value is -5.66. The second-order valence-electron chi connectivity index (χ2n) is 11.3. The van der Waals surface area contributed by atoms with Gasteiger partial charge in [-0.05, 0) is 46.2 Å². The molecule has 0 bridgehead atoms. The van der Waals surface area contributed by atoms with E-state index in [9.17, 15) is 14.4 Å². The Kier molecular flexibility index (Phi) is 7.41. The molecule has 0 aromatic heterocycles. The molecule has 0 saturated carbocycles. The van der Waals surface area contributed by atoms with Gasteiger partial charge in [-0.25, -0.2) is 0 Å². The Morgan fingerprint density at radius 1 is 0.702 bits per heavy atom. The molecule has 0 N–H and O–H groups in total. The third-order valence-corrected chi connectivity index (χ3v) is 8.77. The Morgan fingerprint density at radius 2 is 1.21 bits per heavy atom. The lowest BCUT2D eigenvalue weighted by Crippen LogP contribution is -2.35. The van der Waals surface area contributed by atoms with Gasteiger partial charge in [-0.2, -0.15) is 0 Å². The predicted molar refractivity (Wildman–Crippen MR) is 179 cm³/mol. The molecule has 0 spiro atoms. The molecule has 47 heavy (non-hydrogen) atoms. The van der Waals surface area contributed by atoms with Crippen molar-refractivity contribution in [3.63, 3.8) is 0 Å². The van der Waals surface area contributed by atoms with Crippen molar-refractivity contribution in [3.05, 3.63) is 130 Å². The highest BCUT2D eigenvalue weighted by atomic mass is 35.5. The van der Waals surface area contributed by atoms with Gasteiger partial charge in [0.2, 0.25) is 0 Å². The van der Waals surface area contributed by atoms with Gasteiger partial charge in [-0.3, -0.25) is 14.4 Å². The first-order chi connectivity index (χ1) is 22.7. The number of aryl methyl sites for hydroxylation is 1. The maximum absolute atomic E-state index is 12.6. The lowest BCUT2D eigenvalue weighted by molar-refractivity contribution is -0.138. The van der Waals surface area contributed by atoms with Gasteiger partial charge in [0.15, 0.2) is 11.4 Å². The number of benzene rings is 6. The molecule has 6 aromatic carbocycles. The number of halogens is 1. The molecule has 8 heteroatoms. The second kappa shape index (κ2) is 11.6. The maximum atomic E-state index is 12.6. The summed E-state index contributed by atoms with van der Waals surface area (Å²) in [6, 6.07) is 31.9. The van der Waals surface area contributed by atoms with E-state index >= 15 is 0 Å². The van der Waals surface area contributed by atoms with E-state index < -0.39 is 17.5 Å². The van der Waals surface area contributed by atoms with Gasteiger partial charge in [-0.15, -0.1) is 0 Å². The fourth-order valence-corrected chi connectivity index (χ4v) is 6.84. The van der Waals surface area contributed by atoms with Gasteiger partial charge in [-0.1, -0.05) is 90.5 Å². The van der Waals surface area contributed by atoms with E-state index in [4.69, 9.17) is 30.5 Å². The molecule has 1 unspecified atom stereocenters. The van der Waals surface area contributed by atoms with E-state index in [2.05, 4.69) is 19.1 Å². The summed E-state index contributed by atoms with van der Waals surface area (Å²) in [6.45, 7) is 5.07. The van der Waals surface area contributed by atoms with E-state index in [-0.39, 0.29) is 28.0 Å². The molecule has 7 nitrogen and oxygen atoms in total. The molecule has 1 atom stereocenters. The van der Waals surface area contributed by atoms with Gasteiger partial charge in [0, 0.05) is 53.8 Å². The van der Waals surface area contributed by atoms with Crippen LogP contribution >= 0.6 is 11.6 Å². The molecule has 0 aliphatic carbocycles. The minimum atomic E-state index is -1.57. The van der Waals surface area contributed by atoms with Gasteiger partial charge in [0.25, 0.3) is 6.47 Å². The minimum Gasteiger partial charge on any atom is -0.456 e. The van der Waals surface area contributed by atoms with Crippen LogP contribution in [-0.2, 0) is 24.7 Å². The molecule has 0 fully saturated rings. The number of hydrogen-bond acceptors (Lipinski definition) is 7. The fourth-order valence-electron chi connectivity index (χ4n) is 6.63. The average Bonchev–Trinajstić information content (AvgIpc) is 3.06. The molecular weight excluding hydrogens is 616 g/mol. The number of hydrogen-bond donors (Lipinski definition) is 0. The number of ether oxygens (including phenoxy) is 4. The van der Waals surface area contributed by atoms with E-state index in [1.807, 2.05) is 72.8 Å². The summed E-state index contributed by atoms with van der Waals surface area (Å²) in [5.74, 6) is -0.270. The standard InChI is InChI=1S/C39H27ClO7/c1-22-26-13-7-9-15-28(26)38(29-16-10-8-14-27(22)29)30-17-31-35(19-34(30)45-23(2)42)47-36-20-37(46-24(3)43)33(40)18-32(36)39(31,44-21-41)25-11-5-4-6-12-25/h4-21H,1-3H3. The molecular formula is C39H27ClO7. The van der Waals surface area contributed by atoms with Crippen molar-refractivity contribution in [2.75, 3.05) is 0 Å². The minimum absolute atomic E-state index is 0.0730. The summed E-state index contributed by atoms with van der Waals surface area (Å²) in [4.78, 5) is 36.9. The molecule has 0 radical (unpaired) electrons. The summed E-state index contributed by atoms with van der Waals surface area (Å²) in [5, 5.41) is 4.10.